The third kappa shape index (κ3) is 5.69. The van der Waals surface area contributed by atoms with E-state index in [2.05, 4.69) is 17.1 Å². The number of ether oxygens (including phenoxy) is 3. The topological polar surface area (TPSA) is 60.0 Å². The monoisotopic (exact) mass is 390 g/mol. The Balaban J connectivity index is 1.50. The summed E-state index contributed by atoms with van der Waals surface area (Å²) >= 11 is 0. The van der Waals surface area contributed by atoms with Crippen LogP contribution < -0.4 is 10.1 Å². The largest absolute Gasteiger partial charge is 0.492 e. The van der Waals surface area contributed by atoms with Crippen LogP contribution in [0.4, 0.5) is 5.69 Å². The van der Waals surface area contributed by atoms with Gasteiger partial charge in [0.1, 0.15) is 18.0 Å². The zero-order valence-electron chi connectivity index (χ0n) is 17.2. The summed E-state index contributed by atoms with van der Waals surface area (Å²) < 4.78 is 17.2. The second kappa shape index (κ2) is 10.2. The maximum Gasteiger partial charge on any atom is 0.256 e. The van der Waals surface area contributed by atoms with Crippen LogP contribution in [0, 0.1) is 5.92 Å². The number of amides is 1. The molecule has 1 heterocycles. The molecule has 0 bridgehead atoms. The number of nitrogens with zero attached hydrogens (tertiary/aromatic N) is 1. The minimum atomic E-state index is -0.695. The third-order valence-corrected chi connectivity index (χ3v) is 5.68. The van der Waals surface area contributed by atoms with Crippen LogP contribution in [0.25, 0.3) is 0 Å². The molecule has 1 saturated heterocycles. The van der Waals surface area contributed by atoms with E-state index in [1.54, 1.807) is 0 Å². The predicted octanol–water partition coefficient (Wildman–Crippen LogP) is 3.32. The number of carbonyl (C=O) groups is 1. The van der Waals surface area contributed by atoms with Crippen LogP contribution in [-0.2, 0) is 14.3 Å². The van der Waals surface area contributed by atoms with Crippen molar-refractivity contribution in [2.24, 2.45) is 5.92 Å². The van der Waals surface area contributed by atoms with Gasteiger partial charge in [0, 0.05) is 31.9 Å². The summed E-state index contributed by atoms with van der Waals surface area (Å²) in [5, 5.41) is 3.05. The van der Waals surface area contributed by atoms with Gasteiger partial charge >= 0.3 is 0 Å². The molecule has 1 aromatic carbocycles. The second-order valence-corrected chi connectivity index (χ2v) is 7.91. The fraction of sp³-hybridized carbons (Fsp3) is 0.682. The van der Waals surface area contributed by atoms with Gasteiger partial charge in [-0.3, -0.25) is 9.69 Å². The molecular weight excluding hydrogens is 356 g/mol. The highest BCUT2D eigenvalue weighted by Crippen LogP contribution is 2.36. The van der Waals surface area contributed by atoms with E-state index in [1.807, 2.05) is 31.2 Å². The zero-order valence-corrected chi connectivity index (χ0v) is 17.2. The van der Waals surface area contributed by atoms with Crippen molar-refractivity contribution in [2.45, 2.75) is 45.1 Å². The Morgan fingerprint density at radius 2 is 2.04 bits per heavy atom. The van der Waals surface area contributed by atoms with Gasteiger partial charge in [0.2, 0.25) is 0 Å². The first-order valence-corrected chi connectivity index (χ1v) is 10.6. The molecule has 1 N–H and O–H groups in total. The van der Waals surface area contributed by atoms with E-state index < -0.39 is 5.60 Å². The van der Waals surface area contributed by atoms with Crippen LogP contribution in [-0.4, -0.2) is 62.5 Å². The first-order chi connectivity index (χ1) is 13.6. The fourth-order valence-corrected chi connectivity index (χ4v) is 4.18. The standard InChI is InChI=1S/C22H34N2O4/c1-3-28-22(10-4-5-18(2)17-22)21(25)23-19-6-8-20(9-7-19)27-16-13-24-11-14-26-15-12-24/h6-9,18H,3-5,10-17H2,1-2H3,(H,23,25)/t18-,22-/m1/s1. The summed E-state index contributed by atoms with van der Waals surface area (Å²) in [6.07, 6.45) is 3.78. The first-order valence-electron chi connectivity index (χ1n) is 10.6. The second-order valence-electron chi connectivity index (χ2n) is 7.91. The van der Waals surface area contributed by atoms with E-state index in [0.29, 0.717) is 19.1 Å². The Hall–Kier alpha value is -1.63. The smallest absolute Gasteiger partial charge is 0.256 e. The molecule has 2 fully saturated rings. The van der Waals surface area contributed by atoms with E-state index in [1.165, 1.54) is 6.42 Å². The summed E-state index contributed by atoms with van der Waals surface area (Å²) in [6.45, 7) is 9.79. The molecule has 6 heteroatoms. The van der Waals surface area contributed by atoms with Crippen LogP contribution in [0.1, 0.15) is 39.5 Å². The van der Waals surface area contributed by atoms with Crippen molar-refractivity contribution in [3.63, 3.8) is 0 Å². The van der Waals surface area contributed by atoms with Crippen molar-refractivity contribution in [1.82, 2.24) is 4.90 Å². The van der Waals surface area contributed by atoms with Gasteiger partial charge in [0.25, 0.3) is 5.91 Å². The number of carbonyl (C=O) groups excluding carboxylic acids is 1. The highest BCUT2D eigenvalue weighted by molar-refractivity contribution is 5.97. The van der Waals surface area contributed by atoms with Crippen LogP contribution in [0.15, 0.2) is 24.3 Å². The number of anilines is 1. The molecule has 3 rings (SSSR count). The molecule has 1 aromatic rings. The molecule has 156 valence electrons. The molecule has 1 saturated carbocycles. The van der Waals surface area contributed by atoms with E-state index in [9.17, 15) is 4.79 Å². The van der Waals surface area contributed by atoms with Crippen molar-refractivity contribution < 1.29 is 19.0 Å². The fourth-order valence-electron chi connectivity index (χ4n) is 4.18. The van der Waals surface area contributed by atoms with Gasteiger partial charge in [-0.2, -0.15) is 0 Å². The van der Waals surface area contributed by atoms with Gasteiger partial charge in [-0.15, -0.1) is 0 Å². The Labute approximate surface area is 168 Å². The third-order valence-electron chi connectivity index (χ3n) is 5.68. The van der Waals surface area contributed by atoms with Crippen molar-refractivity contribution in [1.29, 1.82) is 0 Å². The molecule has 28 heavy (non-hydrogen) atoms. The lowest BCUT2D eigenvalue weighted by molar-refractivity contribution is -0.147. The average molecular weight is 391 g/mol. The molecule has 2 aliphatic rings. The summed E-state index contributed by atoms with van der Waals surface area (Å²) in [5.74, 6) is 1.30. The number of nitrogens with one attached hydrogen (secondary N) is 1. The number of benzene rings is 1. The average Bonchev–Trinajstić information content (AvgIpc) is 2.70. The molecule has 0 aromatic heterocycles. The number of hydrogen-bond acceptors (Lipinski definition) is 5. The van der Waals surface area contributed by atoms with Crippen LogP contribution in [0.3, 0.4) is 0 Å². The minimum Gasteiger partial charge on any atom is -0.492 e. The lowest BCUT2D eigenvalue weighted by Crippen LogP contribution is -2.48. The Kier molecular flexibility index (Phi) is 7.71. The van der Waals surface area contributed by atoms with Gasteiger partial charge in [0.05, 0.1) is 13.2 Å². The van der Waals surface area contributed by atoms with E-state index >= 15 is 0 Å². The summed E-state index contributed by atoms with van der Waals surface area (Å²) in [4.78, 5) is 15.3. The van der Waals surface area contributed by atoms with Crippen molar-refractivity contribution in [2.75, 3.05) is 51.4 Å². The highest BCUT2D eigenvalue weighted by atomic mass is 16.5. The molecule has 0 unspecified atom stereocenters. The predicted molar refractivity (Wildman–Crippen MR) is 110 cm³/mol. The van der Waals surface area contributed by atoms with Crippen LogP contribution >= 0.6 is 0 Å². The van der Waals surface area contributed by atoms with Gasteiger partial charge < -0.3 is 19.5 Å². The number of hydrogen-bond donors (Lipinski definition) is 1. The van der Waals surface area contributed by atoms with Crippen molar-refractivity contribution in [3.05, 3.63) is 24.3 Å². The van der Waals surface area contributed by atoms with Gasteiger partial charge in [0.15, 0.2) is 0 Å². The molecule has 1 aliphatic carbocycles. The van der Waals surface area contributed by atoms with E-state index in [-0.39, 0.29) is 5.91 Å². The summed E-state index contributed by atoms with van der Waals surface area (Å²) in [5.41, 5.74) is 0.0857. The lowest BCUT2D eigenvalue weighted by Gasteiger charge is -2.38. The summed E-state index contributed by atoms with van der Waals surface area (Å²) in [7, 11) is 0. The maximum absolute atomic E-state index is 13.0. The molecule has 0 spiro atoms. The number of rotatable bonds is 8. The van der Waals surface area contributed by atoms with Crippen molar-refractivity contribution in [3.8, 4) is 5.75 Å². The van der Waals surface area contributed by atoms with Crippen LogP contribution in [0.2, 0.25) is 0 Å². The molecule has 0 radical (unpaired) electrons. The van der Waals surface area contributed by atoms with Crippen LogP contribution in [0.5, 0.6) is 5.75 Å². The normalized spacial score (nSPS) is 26.0. The molecule has 2 atom stereocenters. The Morgan fingerprint density at radius 1 is 1.29 bits per heavy atom. The SMILES string of the molecule is CCO[C@]1(C(=O)Nc2ccc(OCCN3CCOCC3)cc2)CCC[C@@H](C)C1. The Morgan fingerprint density at radius 3 is 2.71 bits per heavy atom. The highest BCUT2D eigenvalue weighted by Gasteiger charge is 2.42. The maximum atomic E-state index is 13.0. The Bertz CT molecular complexity index is 611. The molecule has 1 amide bonds. The van der Waals surface area contributed by atoms with Gasteiger partial charge in [-0.25, -0.2) is 0 Å². The number of morpholine rings is 1. The minimum absolute atomic E-state index is 0.0260. The van der Waals surface area contributed by atoms with E-state index in [0.717, 1.165) is 63.5 Å². The molecule has 6 nitrogen and oxygen atoms in total. The molecular formula is C22H34N2O4. The van der Waals surface area contributed by atoms with Gasteiger partial charge in [-0.05, 0) is 56.4 Å². The zero-order chi connectivity index (χ0) is 19.8. The van der Waals surface area contributed by atoms with Crippen molar-refractivity contribution >= 4 is 11.6 Å². The van der Waals surface area contributed by atoms with E-state index in [4.69, 9.17) is 14.2 Å². The first kappa shape index (κ1) is 21.1. The van der Waals surface area contributed by atoms with Gasteiger partial charge in [-0.1, -0.05) is 13.3 Å². The summed E-state index contributed by atoms with van der Waals surface area (Å²) in [6, 6.07) is 7.61. The molecule has 1 aliphatic heterocycles. The lowest BCUT2D eigenvalue weighted by atomic mass is 9.78. The quantitative estimate of drug-likeness (QED) is 0.738.